The van der Waals surface area contributed by atoms with Crippen LogP contribution in [0.3, 0.4) is 0 Å². The Kier molecular flexibility index (Phi) is 1.70. The number of hydrogen-bond donors (Lipinski definition) is 0. The van der Waals surface area contributed by atoms with Gasteiger partial charge in [0, 0.05) is 12.3 Å². The first-order valence-electron chi connectivity index (χ1n) is 3.08. The fourth-order valence-corrected chi connectivity index (χ4v) is 0.962. The predicted molar refractivity (Wildman–Crippen MR) is 28.4 cm³/mol. The van der Waals surface area contributed by atoms with E-state index in [4.69, 9.17) is 0 Å². The molecule has 0 saturated heterocycles. The molecule has 1 atom stereocenters. The van der Waals surface area contributed by atoms with Gasteiger partial charge < -0.3 is 0 Å². The minimum absolute atomic E-state index is 0.239. The largest absolute Gasteiger partial charge is 0.389 e. The summed E-state index contributed by atoms with van der Waals surface area (Å²) in [6.07, 6.45) is -4.34. The molecule has 58 valence electrons. The molecule has 1 fully saturated rings. The summed E-state index contributed by atoms with van der Waals surface area (Å²) in [5.41, 5.74) is 0. The van der Waals surface area contributed by atoms with Gasteiger partial charge in [0.15, 0.2) is 0 Å². The Hall–Kier alpha value is -0.540. The topological polar surface area (TPSA) is 17.1 Å². The third-order valence-electron chi connectivity index (χ3n) is 1.67. The van der Waals surface area contributed by atoms with Crippen molar-refractivity contribution in [3.8, 4) is 0 Å². The number of carbonyl (C=O) groups excluding carboxylic acids is 1. The SMILES string of the molecule is O=C1CCC1CC(F)(F)F. The van der Waals surface area contributed by atoms with Crippen LogP contribution in [0, 0.1) is 5.92 Å². The Labute approximate surface area is 56.2 Å². The molecule has 0 amide bonds. The second kappa shape index (κ2) is 2.25. The van der Waals surface area contributed by atoms with Crippen LogP contribution in [0.1, 0.15) is 19.3 Å². The number of Topliss-reactive ketones (excluding diaryl/α,β-unsaturated/α-hetero) is 1. The second-order valence-corrected chi connectivity index (χ2v) is 2.52. The maximum absolute atomic E-state index is 11.5. The second-order valence-electron chi connectivity index (χ2n) is 2.52. The number of halogens is 3. The summed E-state index contributed by atoms with van der Waals surface area (Å²) in [5, 5.41) is 0. The Morgan fingerprint density at radius 3 is 2.20 bits per heavy atom. The van der Waals surface area contributed by atoms with Crippen molar-refractivity contribution in [1.29, 1.82) is 0 Å². The molecule has 1 aliphatic carbocycles. The molecule has 0 aliphatic heterocycles. The number of rotatable bonds is 1. The van der Waals surface area contributed by atoms with E-state index in [0.29, 0.717) is 12.8 Å². The Balaban J connectivity index is 2.32. The lowest BCUT2D eigenvalue weighted by atomic mass is 9.81. The van der Waals surface area contributed by atoms with Gasteiger partial charge in [-0.05, 0) is 6.42 Å². The first kappa shape index (κ1) is 7.57. The first-order valence-corrected chi connectivity index (χ1v) is 3.08. The normalized spacial score (nSPS) is 26.3. The van der Waals surface area contributed by atoms with E-state index in [1.54, 1.807) is 0 Å². The predicted octanol–water partition coefficient (Wildman–Crippen LogP) is 1.92. The maximum atomic E-state index is 11.5. The van der Waals surface area contributed by atoms with Crippen molar-refractivity contribution in [2.75, 3.05) is 0 Å². The molecule has 0 aromatic carbocycles. The molecule has 1 nitrogen and oxygen atoms in total. The lowest BCUT2D eigenvalue weighted by Gasteiger charge is -2.24. The zero-order chi connectivity index (χ0) is 7.78. The van der Waals surface area contributed by atoms with Crippen molar-refractivity contribution in [3.05, 3.63) is 0 Å². The summed E-state index contributed by atoms with van der Waals surface area (Å²) in [5.74, 6) is -0.961. The van der Waals surface area contributed by atoms with Gasteiger partial charge in [-0.15, -0.1) is 0 Å². The molecule has 0 N–H and O–H groups in total. The van der Waals surface area contributed by atoms with Gasteiger partial charge in [0.05, 0.1) is 6.42 Å². The summed E-state index contributed by atoms with van der Waals surface area (Å²) in [6.45, 7) is 0. The third kappa shape index (κ3) is 1.72. The molecule has 1 rings (SSSR count). The standard InChI is InChI=1S/C6H7F3O/c7-6(8,9)3-4-1-2-5(4)10/h4H,1-3H2. The van der Waals surface area contributed by atoms with E-state index in [2.05, 4.69) is 0 Å². The zero-order valence-corrected chi connectivity index (χ0v) is 5.24. The molecular formula is C6H7F3O. The molecule has 0 aromatic heterocycles. The van der Waals surface area contributed by atoms with Crippen LogP contribution in [0.25, 0.3) is 0 Å². The first-order chi connectivity index (χ1) is 4.49. The number of hydrogen-bond acceptors (Lipinski definition) is 1. The number of ketones is 1. The smallest absolute Gasteiger partial charge is 0.299 e. The highest BCUT2D eigenvalue weighted by Gasteiger charge is 2.39. The highest BCUT2D eigenvalue weighted by Crippen LogP contribution is 2.33. The van der Waals surface area contributed by atoms with Crippen LogP contribution < -0.4 is 0 Å². The Morgan fingerprint density at radius 1 is 1.50 bits per heavy atom. The molecule has 0 bridgehead atoms. The lowest BCUT2D eigenvalue weighted by molar-refractivity contribution is -0.160. The van der Waals surface area contributed by atoms with E-state index in [-0.39, 0.29) is 5.78 Å². The molecule has 4 heteroatoms. The van der Waals surface area contributed by atoms with E-state index in [1.807, 2.05) is 0 Å². The third-order valence-corrected chi connectivity index (χ3v) is 1.67. The van der Waals surface area contributed by atoms with E-state index in [0.717, 1.165) is 0 Å². The van der Waals surface area contributed by atoms with Crippen LogP contribution >= 0.6 is 0 Å². The van der Waals surface area contributed by atoms with Gasteiger partial charge >= 0.3 is 6.18 Å². The van der Waals surface area contributed by atoms with Crippen LogP contribution in [0.4, 0.5) is 13.2 Å². The van der Waals surface area contributed by atoms with E-state index >= 15 is 0 Å². The van der Waals surface area contributed by atoms with Crippen LogP contribution in [0.15, 0.2) is 0 Å². The van der Waals surface area contributed by atoms with Crippen molar-refractivity contribution in [2.24, 2.45) is 5.92 Å². The number of alkyl halides is 3. The molecular weight excluding hydrogens is 145 g/mol. The van der Waals surface area contributed by atoms with Crippen molar-refractivity contribution in [1.82, 2.24) is 0 Å². The van der Waals surface area contributed by atoms with Crippen molar-refractivity contribution < 1.29 is 18.0 Å². The summed E-state index contributed by atoms with van der Waals surface area (Å²) >= 11 is 0. The fraction of sp³-hybridized carbons (Fsp3) is 0.833. The quantitative estimate of drug-likeness (QED) is 0.561. The molecule has 1 aliphatic rings. The van der Waals surface area contributed by atoms with Crippen molar-refractivity contribution in [2.45, 2.75) is 25.4 Å². The highest BCUT2D eigenvalue weighted by molar-refractivity contribution is 5.86. The van der Waals surface area contributed by atoms with Crippen LogP contribution in [-0.4, -0.2) is 12.0 Å². The van der Waals surface area contributed by atoms with Gasteiger partial charge in [0.1, 0.15) is 5.78 Å². The minimum atomic E-state index is -4.17. The molecule has 0 heterocycles. The highest BCUT2D eigenvalue weighted by atomic mass is 19.4. The Morgan fingerprint density at radius 2 is 2.10 bits per heavy atom. The van der Waals surface area contributed by atoms with Gasteiger partial charge in [-0.25, -0.2) is 0 Å². The summed E-state index contributed by atoms with van der Waals surface area (Å²) < 4.78 is 34.6. The molecule has 0 aromatic rings. The van der Waals surface area contributed by atoms with Gasteiger partial charge in [0.2, 0.25) is 0 Å². The maximum Gasteiger partial charge on any atom is 0.389 e. The molecule has 1 saturated carbocycles. The monoisotopic (exact) mass is 152 g/mol. The van der Waals surface area contributed by atoms with Crippen LogP contribution in [0.5, 0.6) is 0 Å². The summed E-state index contributed by atoms with van der Waals surface area (Å²) in [6, 6.07) is 0. The van der Waals surface area contributed by atoms with Crippen molar-refractivity contribution >= 4 is 5.78 Å². The Bertz CT molecular complexity index is 150. The van der Waals surface area contributed by atoms with Gasteiger partial charge in [0.25, 0.3) is 0 Å². The fourth-order valence-electron chi connectivity index (χ4n) is 0.962. The molecule has 0 spiro atoms. The van der Waals surface area contributed by atoms with E-state index in [1.165, 1.54) is 0 Å². The molecule has 0 radical (unpaired) electrons. The average molecular weight is 152 g/mol. The molecule has 1 unspecified atom stereocenters. The average Bonchev–Trinajstić information content (AvgIpc) is 1.78. The van der Waals surface area contributed by atoms with Gasteiger partial charge in [-0.1, -0.05) is 0 Å². The van der Waals surface area contributed by atoms with Gasteiger partial charge in [-0.2, -0.15) is 13.2 Å². The van der Waals surface area contributed by atoms with E-state index in [9.17, 15) is 18.0 Å². The lowest BCUT2D eigenvalue weighted by Crippen LogP contribution is -2.30. The zero-order valence-electron chi connectivity index (χ0n) is 5.24. The summed E-state index contributed by atoms with van der Waals surface area (Å²) in [7, 11) is 0. The van der Waals surface area contributed by atoms with Crippen molar-refractivity contribution in [3.63, 3.8) is 0 Å². The van der Waals surface area contributed by atoms with E-state index < -0.39 is 18.5 Å². The van der Waals surface area contributed by atoms with Crippen LogP contribution in [0.2, 0.25) is 0 Å². The number of carbonyl (C=O) groups is 1. The molecule has 10 heavy (non-hydrogen) atoms. The van der Waals surface area contributed by atoms with Crippen LogP contribution in [-0.2, 0) is 4.79 Å². The van der Waals surface area contributed by atoms with Gasteiger partial charge in [-0.3, -0.25) is 4.79 Å². The minimum Gasteiger partial charge on any atom is -0.299 e. The summed E-state index contributed by atoms with van der Waals surface area (Å²) in [4.78, 5) is 10.4.